The second kappa shape index (κ2) is 11.0. The lowest BCUT2D eigenvalue weighted by Crippen LogP contribution is -2.32. The van der Waals surface area contributed by atoms with Crippen molar-refractivity contribution >= 4 is 11.4 Å². The van der Waals surface area contributed by atoms with Crippen LogP contribution in [-0.4, -0.2) is 5.71 Å². The number of para-hydroxylation sites is 1. The van der Waals surface area contributed by atoms with E-state index in [2.05, 4.69) is 189 Å². The Labute approximate surface area is 310 Å². The van der Waals surface area contributed by atoms with Gasteiger partial charge in [-0.3, -0.25) is 4.99 Å². The third-order valence-corrected chi connectivity index (χ3v) is 12.0. The van der Waals surface area contributed by atoms with Crippen LogP contribution in [0.2, 0.25) is 0 Å². The third kappa shape index (κ3) is 4.19. The summed E-state index contributed by atoms with van der Waals surface area (Å²) in [4.78, 5) is 5.42. The Bertz CT molecular complexity index is 2670. The summed E-state index contributed by atoms with van der Waals surface area (Å²) < 4.78 is 6.74. The van der Waals surface area contributed by atoms with Gasteiger partial charge in [0.1, 0.15) is 17.7 Å². The quantitative estimate of drug-likeness (QED) is 0.201. The fourth-order valence-corrected chi connectivity index (χ4v) is 9.54. The molecule has 0 radical (unpaired) electrons. The highest BCUT2D eigenvalue weighted by molar-refractivity contribution is 6.13. The molecule has 1 N–H and O–H groups in total. The first kappa shape index (κ1) is 30.2. The number of fused-ring (bicyclic) bond motifs is 12. The number of allylic oxidation sites excluding steroid dienone is 1. The molecule has 7 aromatic carbocycles. The molecule has 0 saturated carbocycles. The van der Waals surface area contributed by atoms with E-state index in [0.717, 1.165) is 50.7 Å². The molecule has 0 aromatic heterocycles. The van der Waals surface area contributed by atoms with Gasteiger partial charge < -0.3 is 10.1 Å². The smallest absolute Gasteiger partial charge is 0.145 e. The average Bonchev–Trinajstić information content (AvgIpc) is 3.64. The van der Waals surface area contributed by atoms with Gasteiger partial charge in [-0.2, -0.15) is 0 Å². The van der Waals surface area contributed by atoms with E-state index >= 15 is 0 Å². The lowest BCUT2D eigenvalue weighted by Gasteiger charge is -2.39. The molecule has 1 unspecified atom stereocenters. The molecule has 11 rings (SSSR count). The summed E-state index contributed by atoms with van der Waals surface area (Å²) in [5.41, 5.74) is 17.5. The number of nitrogens with one attached hydrogen (secondary N) is 1. The summed E-state index contributed by atoms with van der Waals surface area (Å²) in [7, 11) is 0. The molecule has 2 aliphatic carbocycles. The lowest BCUT2D eigenvalue weighted by atomic mass is 9.66. The Kier molecular flexibility index (Phi) is 6.28. The molecule has 1 atom stereocenters. The van der Waals surface area contributed by atoms with Gasteiger partial charge in [-0.25, -0.2) is 0 Å². The first-order valence-corrected chi connectivity index (χ1v) is 18.5. The van der Waals surface area contributed by atoms with E-state index in [1.807, 2.05) is 0 Å². The summed E-state index contributed by atoms with van der Waals surface area (Å²) in [6.45, 7) is 4.68. The standard InChI is InChI=1S/C50H36N2O/c1-49(2)38-19-9-6-16-34(38)37-26-24-32(28-42(37)49)44-30-45(52-48(51-44)31-14-4-3-5-15-31)33-25-27-47-43(29-33)50(41-22-12-13-23-46(41)53-47)39-20-10-7-17-35(39)36-18-8-11-21-40(36)50/h3-30,48,51H,1-2H3. The molecule has 1 spiro atoms. The van der Waals surface area contributed by atoms with Gasteiger partial charge in [-0.1, -0.05) is 147 Å². The number of rotatable bonds is 3. The predicted octanol–water partition coefficient (Wildman–Crippen LogP) is 11.6. The minimum Gasteiger partial charge on any atom is -0.457 e. The Morgan fingerprint density at radius 1 is 0.491 bits per heavy atom. The van der Waals surface area contributed by atoms with Gasteiger partial charge in [0, 0.05) is 27.8 Å². The maximum Gasteiger partial charge on any atom is 0.145 e. The number of nitrogens with zero attached hydrogens (tertiary/aromatic N) is 1. The Morgan fingerprint density at radius 2 is 1.04 bits per heavy atom. The van der Waals surface area contributed by atoms with Crippen molar-refractivity contribution in [3.8, 4) is 33.8 Å². The van der Waals surface area contributed by atoms with E-state index in [-0.39, 0.29) is 11.6 Å². The molecular weight excluding hydrogens is 645 g/mol. The van der Waals surface area contributed by atoms with E-state index in [9.17, 15) is 0 Å². The monoisotopic (exact) mass is 680 g/mol. The first-order chi connectivity index (χ1) is 26.0. The fourth-order valence-electron chi connectivity index (χ4n) is 9.54. The van der Waals surface area contributed by atoms with Gasteiger partial charge in [0.05, 0.1) is 11.1 Å². The molecule has 3 nitrogen and oxygen atoms in total. The minimum atomic E-state index is -0.535. The van der Waals surface area contributed by atoms with Crippen LogP contribution in [0.1, 0.15) is 70.1 Å². The van der Waals surface area contributed by atoms with Gasteiger partial charge in [-0.05, 0) is 92.0 Å². The molecule has 3 heteroatoms. The second-order valence-corrected chi connectivity index (χ2v) is 15.1. The first-order valence-electron chi connectivity index (χ1n) is 18.5. The van der Waals surface area contributed by atoms with Crippen LogP contribution in [-0.2, 0) is 10.8 Å². The summed E-state index contributed by atoms with van der Waals surface area (Å²) in [5, 5.41) is 3.82. The Hall–Kier alpha value is -6.45. The van der Waals surface area contributed by atoms with E-state index in [1.54, 1.807) is 0 Å². The van der Waals surface area contributed by atoms with Crippen molar-refractivity contribution in [2.24, 2.45) is 4.99 Å². The zero-order chi connectivity index (χ0) is 35.3. The highest BCUT2D eigenvalue weighted by Gasteiger charge is 2.51. The third-order valence-electron chi connectivity index (χ3n) is 12.0. The van der Waals surface area contributed by atoms with E-state index in [4.69, 9.17) is 9.73 Å². The normalized spacial score (nSPS) is 17.5. The van der Waals surface area contributed by atoms with Crippen molar-refractivity contribution in [1.29, 1.82) is 0 Å². The van der Waals surface area contributed by atoms with Crippen LogP contribution < -0.4 is 10.1 Å². The lowest BCUT2D eigenvalue weighted by molar-refractivity contribution is 0.436. The number of benzene rings is 7. The van der Waals surface area contributed by atoms with Gasteiger partial charge in [0.25, 0.3) is 0 Å². The van der Waals surface area contributed by atoms with Crippen LogP contribution >= 0.6 is 0 Å². The molecule has 4 aliphatic rings. The van der Waals surface area contributed by atoms with Crippen LogP contribution in [0, 0.1) is 0 Å². The summed E-state index contributed by atoms with van der Waals surface area (Å²) in [5.74, 6) is 1.77. The molecule has 53 heavy (non-hydrogen) atoms. The van der Waals surface area contributed by atoms with Crippen LogP contribution in [0.4, 0.5) is 0 Å². The van der Waals surface area contributed by atoms with Gasteiger partial charge in [0.15, 0.2) is 0 Å². The van der Waals surface area contributed by atoms with Crippen LogP contribution in [0.3, 0.4) is 0 Å². The zero-order valence-corrected chi connectivity index (χ0v) is 29.6. The average molecular weight is 681 g/mol. The molecule has 2 heterocycles. The highest BCUT2D eigenvalue weighted by atomic mass is 16.5. The predicted molar refractivity (Wildman–Crippen MR) is 215 cm³/mol. The van der Waals surface area contributed by atoms with Crippen molar-refractivity contribution in [2.45, 2.75) is 30.8 Å². The number of ether oxygens (including phenoxy) is 1. The fraction of sp³-hybridized carbons (Fsp3) is 0.100. The maximum absolute atomic E-state index is 6.74. The second-order valence-electron chi connectivity index (χ2n) is 15.1. The van der Waals surface area contributed by atoms with Crippen molar-refractivity contribution in [1.82, 2.24) is 5.32 Å². The van der Waals surface area contributed by atoms with E-state index in [1.165, 1.54) is 44.5 Å². The number of aliphatic imine (C=N–C) groups is 1. The van der Waals surface area contributed by atoms with Crippen molar-refractivity contribution in [2.75, 3.05) is 0 Å². The Balaban J connectivity index is 1.11. The number of hydrogen-bond acceptors (Lipinski definition) is 3. The van der Waals surface area contributed by atoms with Crippen LogP contribution in [0.5, 0.6) is 11.5 Å². The van der Waals surface area contributed by atoms with Crippen molar-refractivity contribution in [3.63, 3.8) is 0 Å². The number of hydrogen-bond donors (Lipinski definition) is 1. The van der Waals surface area contributed by atoms with Crippen LogP contribution in [0.15, 0.2) is 175 Å². The molecule has 0 amide bonds. The molecule has 252 valence electrons. The zero-order valence-electron chi connectivity index (χ0n) is 29.6. The molecule has 0 fully saturated rings. The van der Waals surface area contributed by atoms with Gasteiger partial charge in [0.2, 0.25) is 0 Å². The Morgan fingerprint density at radius 3 is 1.77 bits per heavy atom. The van der Waals surface area contributed by atoms with Gasteiger partial charge >= 0.3 is 0 Å². The molecule has 7 aromatic rings. The summed E-state index contributed by atoms with van der Waals surface area (Å²) in [6, 6.07) is 59.3. The molecular formula is C50H36N2O. The SMILES string of the molecule is CC1(C)c2ccccc2-c2ccc(C3=CC(c4ccc5c(c4)C4(c6ccccc6O5)c5ccccc5-c5ccccc54)=NC(c4ccccc4)N3)cc21. The van der Waals surface area contributed by atoms with Crippen LogP contribution in [0.25, 0.3) is 28.0 Å². The van der Waals surface area contributed by atoms with Crippen molar-refractivity contribution < 1.29 is 4.74 Å². The summed E-state index contributed by atoms with van der Waals surface area (Å²) >= 11 is 0. The molecule has 0 saturated heterocycles. The maximum atomic E-state index is 6.74. The van der Waals surface area contributed by atoms with Crippen molar-refractivity contribution in [3.05, 3.63) is 220 Å². The topological polar surface area (TPSA) is 33.6 Å². The highest BCUT2D eigenvalue weighted by Crippen LogP contribution is 2.62. The largest absolute Gasteiger partial charge is 0.457 e. The molecule has 2 aliphatic heterocycles. The van der Waals surface area contributed by atoms with E-state index < -0.39 is 5.41 Å². The summed E-state index contributed by atoms with van der Waals surface area (Å²) in [6.07, 6.45) is 1.98. The van der Waals surface area contributed by atoms with E-state index in [0.29, 0.717) is 0 Å². The van der Waals surface area contributed by atoms with Gasteiger partial charge in [-0.15, -0.1) is 0 Å². The molecule has 0 bridgehead atoms. The minimum absolute atomic E-state index is 0.0934.